The van der Waals surface area contributed by atoms with Crippen LogP contribution in [0.4, 0.5) is 14.6 Å². The number of aromatic nitrogens is 2. The highest BCUT2D eigenvalue weighted by Gasteiger charge is 2.07. The first-order valence-corrected chi connectivity index (χ1v) is 5.79. The second kappa shape index (κ2) is 5.16. The topological polar surface area (TPSA) is 29.9 Å². The van der Waals surface area contributed by atoms with E-state index >= 15 is 0 Å². The predicted octanol–water partition coefficient (Wildman–Crippen LogP) is 3.35. The van der Waals surface area contributed by atoms with Gasteiger partial charge >= 0.3 is 0 Å². The second-order valence-electron chi connectivity index (χ2n) is 4.34. The number of hydrogen-bond donors (Lipinski definition) is 1. The Bertz CT molecular complexity index is 535. The molecular weight excluding hydrogens is 236 g/mol. The summed E-state index contributed by atoms with van der Waals surface area (Å²) in [5.74, 6) is -0.0706. The first-order valence-electron chi connectivity index (χ1n) is 5.79. The fraction of sp³-hybridized carbons (Fsp3) is 0.308. The third-order valence-electron chi connectivity index (χ3n) is 2.63. The van der Waals surface area contributed by atoms with Gasteiger partial charge in [0.25, 0.3) is 0 Å². The average molecular weight is 251 g/mol. The molecule has 1 aromatic heterocycles. The lowest BCUT2D eigenvalue weighted by atomic mass is 10.2. The predicted molar refractivity (Wildman–Crippen MR) is 66.3 cm³/mol. The zero-order valence-corrected chi connectivity index (χ0v) is 10.3. The van der Waals surface area contributed by atoms with Gasteiger partial charge in [0, 0.05) is 24.2 Å². The van der Waals surface area contributed by atoms with Crippen molar-refractivity contribution in [3.05, 3.63) is 47.7 Å². The van der Waals surface area contributed by atoms with Gasteiger partial charge in [-0.2, -0.15) is 5.10 Å². The maximum atomic E-state index is 13.4. The molecule has 96 valence electrons. The molecule has 18 heavy (non-hydrogen) atoms. The summed E-state index contributed by atoms with van der Waals surface area (Å²) < 4.78 is 28.2. The number of halogens is 2. The van der Waals surface area contributed by atoms with E-state index < -0.39 is 11.6 Å². The zero-order chi connectivity index (χ0) is 13.1. The van der Waals surface area contributed by atoms with Crippen LogP contribution >= 0.6 is 0 Å². The summed E-state index contributed by atoms with van der Waals surface area (Å²) in [7, 11) is 0. The van der Waals surface area contributed by atoms with Crippen LogP contribution < -0.4 is 5.32 Å². The van der Waals surface area contributed by atoms with Crippen molar-refractivity contribution in [1.29, 1.82) is 0 Å². The molecule has 0 aliphatic rings. The molecule has 0 aliphatic heterocycles. The maximum absolute atomic E-state index is 13.4. The van der Waals surface area contributed by atoms with Gasteiger partial charge in [0.1, 0.15) is 17.5 Å². The number of anilines is 1. The standard InChI is InChI=1S/C13H15F2N3/c1-9(2)18-13(5-6-17-18)16-8-10-7-11(14)3-4-12(10)15/h3-7,9,16H,8H2,1-2H3. The number of hydrogen-bond acceptors (Lipinski definition) is 2. The first-order chi connectivity index (χ1) is 8.58. The summed E-state index contributed by atoms with van der Waals surface area (Å²) in [5, 5.41) is 7.21. The molecule has 5 heteroatoms. The Balaban J connectivity index is 2.11. The molecule has 0 saturated heterocycles. The molecule has 0 amide bonds. The summed E-state index contributed by atoms with van der Waals surface area (Å²) in [6, 6.07) is 5.44. The smallest absolute Gasteiger partial charge is 0.128 e. The summed E-state index contributed by atoms with van der Waals surface area (Å²) in [6.07, 6.45) is 1.67. The van der Waals surface area contributed by atoms with Crippen molar-refractivity contribution in [1.82, 2.24) is 9.78 Å². The SMILES string of the molecule is CC(C)n1nccc1NCc1cc(F)ccc1F. The lowest BCUT2D eigenvalue weighted by Gasteiger charge is -2.13. The van der Waals surface area contributed by atoms with Crippen molar-refractivity contribution in [2.45, 2.75) is 26.4 Å². The zero-order valence-electron chi connectivity index (χ0n) is 10.3. The van der Waals surface area contributed by atoms with Crippen LogP contribution in [0, 0.1) is 11.6 Å². The molecule has 1 heterocycles. The molecule has 1 aromatic carbocycles. The number of nitrogens with one attached hydrogen (secondary N) is 1. The highest BCUT2D eigenvalue weighted by atomic mass is 19.1. The molecular formula is C13H15F2N3. The molecule has 1 N–H and O–H groups in total. The molecule has 2 rings (SSSR count). The molecule has 2 aromatic rings. The molecule has 3 nitrogen and oxygen atoms in total. The van der Waals surface area contributed by atoms with Gasteiger partial charge in [0.15, 0.2) is 0 Å². The van der Waals surface area contributed by atoms with Gasteiger partial charge in [0.2, 0.25) is 0 Å². The Kier molecular flexibility index (Phi) is 3.60. The van der Waals surface area contributed by atoms with E-state index in [-0.39, 0.29) is 12.6 Å². The maximum Gasteiger partial charge on any atom is 0.128 e. The number of nitrogens with zero attached hydrogens (tertiary/aromatic N) is 2. The van der Waals surface area contributed by atoms with Crippen LogP contribution in [0.25, 0.3) is 0 Å². The van der Waals surface area contributed by atoms with Crippen LogP contribution in [-0.2, 0) is 6.54 Å². The van der Waals surface area contributed by atoms with Crippen molar-refractivity contribution in [2.24, 2.45) is 0 Å². The second-order valence-corrected chi connectivity index (χ2v) is 4.34. The minimum atomic E-state index is -0.439. The monoisotopic (exact) mass is 251 g/mol. The Labute approximate surface area is 104 Å². The van der Waals surface area contributed by atoms with Crippen molar-refractivity contribution < 1.29 is 8.78 Å². The molecule has 0 unspecified atom stereocenters. The highest BCUT2D eigenvalue weighted by Crippen LogP contribution is 2.16. The van der Waals surface area contributed by atoms with Gasteiger partial charge in [0.05, 0.1) is 6.20 Å². The molecule has 0 aliphatic carbocycles. The van der Waals surface area contributed by atoms with E-state index in [0.717, 1.165) is 18.0 Å². The molecule has 0 bridgehead atoms. The Morgan fingerprint density at radius 2 is 2.06 bits per heavy atom. The molecule has 0 saturated carbocycles. The average Bonchev–Trinajstić information content (AvgIpc) is 2.79. The van der Waals surface area contributed by atoms with Gasteiger partial charge in [-0.05, 0) is 32.0 Å². The van der Waals surface area contributed by atoms with E-state index in [9.17, 15) is 8.78 Å². The third kappa shape index (κ3) is 2.67. The van der Waals surface area contributed by atoms with Gasteiger partial charge < -0.3 is 5.32 Å². The number of benzene rings is 1. The van der Waals surface area contributed by atoms with Gasteiger partial charge in [-0.25, -0.2) is 13.5 Å². The van der Waals surface area contributed by atoms with E-state index in [1.165, 1.54) is 6.07 Å². The third-order valence-corrected chi connectivity index (χ3v) is 2.63. The van der Waals surface area contributed by atoms with Crippen LogP contribution in [0.3, 0.4) is 0 Å². The Hall–Kier alpha value is -1.91. The van der Waals surface area contributed by atoms with E-state index in [0.29, 0.717) is 5.56 Å². The van der Waals surface area contributed by atoms with Gasteiger partial charge in [-0.1, -0.05) is 0 Å². The van der Waals surface area contributed by atoms with Crippen LogP contribution in [0.15, 0.2) is 30.5 Å². The fourth-order valence-electron chi connectivity index (χ4n) is 1.73. The fourth-order valence-corrected chi connectivity index (χ4v) is 1.73. The molecule has 0 fully saturated rings. The van der Waals surface area contributed by atoms with Crippen molar-refractivity contribution >= 4 is 5.82 Å². The van der Waals surface area contributed by atoms with Crippen LogP contribution in [0.2, 0.25) is 0 Å². The van der Waals surface area contributed by atoms with Crippen molar-refractivity contribution in [2.75, 3.05) is 5.32 Å². The highest BCUT2D eigenvalue weighted by molar-refractivity contribution is 5.36. The summed E-state index contributed by atoms with van der Waals surface area (Å²) in [4.78, 5) is 0. The van der Waals surface area contributed by atoms with Crippen LogP contribution in [0.5, 0.6) is 0 Å². The van der Waals surface area contributed by atoms with Crippen molar-refractivity contribution in [3.63, 3.8) is 0 Å². The largest absolute Gasteiger partial charge is 0.366 e. The van der Waals surface area contributed by atoms with E-state index in [2.05, 4.69) is 10.4 Å². The summed E-state index contributed by atoms with van der Waals surface area (Å²) in [6.45, 7) is 4.23. The van der Waals surface area contributed by atoms with Crippen LogP contribution in [-0.4, -0.2) is 9.78 Å². The lowest BCUT2D eigenvalue weighted by Crippen LogP contribution is -2.10. The minimum absolute atomic E-state index is 0.208. The number of rotatable bonds is 4. The Morgan fingerprint density at radius 1 is 1.28 bits per heavy atom. The van der Waals surface area contributed by atoms with Gasteiger partial charge in [-0.3, -0.25) is 0 Å². The first kappa shape index (κ1) is 12.5. The van der Waals surface area contributed by atoms with E-state index in [1.54, 1.807) is 16.9 Å². The molecule has 0 radical (unpaired) electrons. The minimum Gasteiger partial charge on any atom is -0.366 e. The van der Waals surface area contributed by atoms with E-state index in [4.69, 9.17) is 0 Å². The van der Waals surface area contributed by atoms with Crippen molar-refractivity contribution in [3.8, 4) is 0 Å². The van der Waals surface area contributed by atoms with Gasteiger partial charge in [-0.15, -0.1) is 0 Å². The molecule has 0 atom stereocenters. The van der Waals surface area contributed by atoms with E-state index in [1.807, 2.05) is 13.8 Å². The summed E-state index contributed by atoms with van der Waals surface area (Å²) in [5.41, 5.74) is 0.298. The Morgan fingerprint density at radius 3 is 2.78 bits per heavy atom. The molecule has 0 spiro atoms. The normalized spacial score (nSPS) is 10.9. The lowest BCUT2D eigenvalue weighted by molar-refractivity contribution is 0.536. The summed E-state index contributed by atoms with van der Waals surface area (Å²) >= 11 is 0. The quantitative estimate of drug-likeness (QED) is 0.903. The van der Waals surface area contributed by atoms with Crippen LogP contribution in [0.1, 0.15) is 25.5 Å².